The fourth-order valence-corrected chi connectivity index (χ4v) is 3.57. The first-order valence-electron chi connectivity index (χ1n) is 9.70. The molecule has 0 aliphatic heterocycles. The van der Waals surface area contributed by atoms with Crippen LogP contribution in [0.1, 0.15) is 43.5 Å². The maximum atomic E-state index is 12.4. The molecular formula is C20H34Cl2N4O2. The monoisotopic (exact) mass is 432 g/mol. The third-order valence-corrected chi connectivity index (χ3v) is 5.32. The van der Waals surface area contributed by atoms with Crippen molar-refractivity contribution in [3.05, 3.63) is 29.8 Å². The van der Waals surface area contributed by atoms with Gasteiger partial charge in [0.05, 0.1) is 0 Å². The number of nitrogens with zero attached hydrogens (tertiary/aromatic N) is 1. The molecule has 0 heterocycles. The van der Waals surface area contributed by atoms with Crippen LogP contribution in [0.15, 0.2) is 24.3 Å². The lowest BCUT2D eigenvalue weighted by atomic mass is 9.95. The van der Waals surface area contributed by atoms with Gasteiger partial charge in [-0.3, -0.25) is 9.59 Å². The number of rotatable bonds is 9. The number of anilines is 1. The van der Waals surface area contributed by atoms with Gasteiger partial charge in [0.1, 0.15) is 0 Å². The van der Waals surface area contributed by atoms with Crippen LogP contribution in [0.2, 0.25) is 0 Å². The van der Waals surface area contributed by atoms with E-state index in [0.717, 1.165) is 44.6 Å². The van der Waals surface area contributed by atoms with Crippen molar-refractivity contribution >= 4 is 42.3 Å². The topological polar surface area (TPSA) is 87.5 Å². The molecule has 2 amide bonds. The van der Waals surface area contributed by atoms with Crippen LogP contribution in [-0.4, -0.2) is 49.4 Å². The van der Waals surface area contributed by atoms with Crippen LogP contribution in [0.25, 0.3) is 0 Å². The average molecular weight is 433 g/mol. The lowest BCUT2D eigenvalue weighted by molar-refractivity contribution is -0.120. The molecule has 1 saturated carbocycles. The van der Waals surface area contributed by atoms with E-state index in [1.807, 2.05) is 0 Å². The summed E-state index contributed by atoms with van der Waals surface area (Å²) in [5.74, 6) is 0.234. The van der Waals surface area contributed by atoms with Gasteiger partial charge < -0.3 is 21.3 Å². The van der Waals surface area contributed by atoms with Gasteiger partial charge in [-0.25, -0.2) is 0 Å². The van der Waals surface area contributed by atoms with Gasteiger partial charge in [-0.2, -0.15) is 0 Å². The van der Waals surface area contributed by atoms with Crippen molar-refractivity contribution in [2.75, 3.05) is 38.0 Å². The van der Waals surface area contributed by atoms with E-state index in [1.54, 1.807) is 24.3 Å². The van der Waals surface area contributed by atoms with E-state index in [4.69, 9.17) is 5.73 Å². The molecule has 8 heteroatoms. The highest BCUT2D eigenvalue weighted by Crippen LogP contribution is 2.31. The first-order valence-corrected chi connectivity index (χ1v) is 9.70. The molecule has 1 aromatic rings. The molecule has 2 atom stereocenters. The second kappa shape index (κ2) is 13.8. The van der Waals surface area contributed by atoms with E-state index < -0.39 is 0 Å². The van der Waals surface area contributed by atoms with Crippen molar-refractivity contribution in [3.8, 4) is 0 Å². The van der Waals surface area contributed by atoms with E-state index >= 15 is 0 Å². The second-order valence-electron chi connectivity index (χ2n) is 6.88. The van der Waals surface area contributed by atoms with Crippen LogP contribution >= 0.6 is 24.8 Å². The molecule has 1 aliphatic carbocycles. The van der Waals surface area contributed by atoms with E-state index in [0.29, 0.717) is 18.7 Å². The van der Waals surface area contributed by atoms with Gasteiger partial charge in [-0.1, -0.05) is 20.3 Å². The summed E-state index contributed by atoms with van der Waals surface area (Å²) in [5.41, 5.74) is 7.08. The summed E-state index contributed by atoms with van der Waals surface area (Å²) in [4.78, 5) is 26.9. The highest BCUT2D eigenvalue weighted by molar-refractivity contribution is 5.96. The Morgan fingerprint density at radius 1 is 1.11 bits per heavy atom. The Morgan fingerprint density at radius 2 is 1.75 bits per heavy atom. The number of likely N-dealkylation sites (N-methyl/N-ethyl adjacent to an activating group) is 1. The first kappa shape index (κ1) is 26.7. The maximum absolute atomic E-state index is 12.4. The van der Waals surface area contributed by atoms with Crippen LogP contribution < -0.4 is 16.4 Å². The predicted molar refractivity (Wildman–Crippen MR) is 120 cm³/mol. The Kier molecular flexibility index (Phi) is 13.1. The smallest absolute Gasteiger partial charge is 0.251 e. The number of hydrogen-bond acceptors (Lipinski definition) is 4. The van der Waals surface area contributed by atoms with Crippen molar-refractivity contribution in [1.82, 2.24) is 10.2 Å². The van der Waals surface area contributed by atoms with Crippen molar-refractivity contribution in [2.45, 2.75) is 33.1 Å². The lowest BCUT2D eigenvalue weighted by Gasteiger charge is -2.18. The zero-order chi connectivity index (χ0) is 18.9. The zero-order valence-electron chi connectivity index (χ0n) is 16.8. The molecule has 160 valence electrons. The highest BCUT2D eigenvalue weighted by atomic mass is 35.5. The normalized spacial score (nSPS) is 18.1. The number of benzene rings is 1. The summed E-state index contributed by atoms with van der Waals surface area (Å²) in [6.45, 7) is 8.21. The minimum absolute atomic E-state index is 0. The molecule has 0 spiro atoms. The van der Waals surface area contributed by atoms with Gasteiger partial charge in [0.2, 0.25) is 5.91 Å². The summed E-state index contributed by atoms with van der Waals surface area (Å²) < 4.78 is 0. The third kappa shape index (κ3) is 7.59. The molecule has 0 bridgehead atoms. The molecule has 6 nitrogen and oxygen atoms in total. The van der Waals surface area contributed by atoms with Gasteiger partial charge >= 0.3 is 0 Å². The molecule has 1 aliphatic rings. The van der Waals surface area contributed by atoms with Gasteiger partial charge in [0.15, 0.2) is 0 Å². The number of carbonyl (C=O) groups is 2. The standard InChI is InChI=1S/C20H32N4O2.2ClH/c1-3-24(4-2)13-12-22-19(25)15-8-10-17(11-9-15)23-20(26)18-7-5-6-16(18)14-21;;/h8-11,16,18H,3-7,12-14,21H2,1-2H3,(H,22,25)(H,23,26);2*1H/t16-,18-;;/m1../s1. The van der Waals surface area contributed by atoms with E-state index in [1.165, 1.54) is 0 Å². The van der Waals surface area contributed by atoms with Crippen molar-refractivity contribution in [3.63, 3.8) is 0 Å². The lowest BCUT2D eigenvalue weighted by Crippen LogP contribution is -2.34. The summed E-state index contributed by atoms with van der Waals surface area (Å²) in [5, 5.41) is 5.89. The van der Waals surface area contributed by atoms with Gasteiger partial charge in [0.25, 0.3) is 5.91 Å². The quantitative estimate of drug-likeness (QED) is 0.559. The molecule has 4 N–H and O–H groups in total. The number of nitrogens with one attached hydrogen (secondary N) is 2. The van der Waals surface area contributed by atoms with Gasteiger partial charge in [-0.05, 0) is 62.7 Å². The number of hydrogen-bond donors (Lipinski definition) is 3. The Hall–Kier alpha value is -1.34. The molecule has 2 rings (SSSR count). The SMILES string of the molecule is CCN(CC)CCNC(=O)c1ccc(NC(=O)[C@@H]2CCC[C@@H]2CN)cc1.Cl.Cl. The Bertz CT molecular complexity index is 594. The fraction of sp³-hybridized carbons (Fsp3) is 0.600. The average Bonchev–Trinajstić information content (AvgIpc) is 3.14. The Labute approximate surface area is 180 Å². The Balaban J connectivity index is 0.00000364. The zero-order valence-corrected chi connectivity index (χ0v) is 18.4. The summed E-state index contributed by atoms with van der Waals surface area (Å²) in [6.07, 6.45) is 2.99. The minimum atomic E-state index is -0.0889. The highest BCUT2D eigenvalue weighted by Gasteiger charge is 2.31. The Morgan fingerprint density at radius 3 is 2.32 bits per heavy atom. The van der Waals surface area contributed by atoms with Crippen LogP contribution in [0.5, 0.6) is 0 Å². The van der Waals surface area contributed by atoms with Gasteiger partial charge in [0, 0.05) is 30.3 Å². The predicted octanol–water partition coefficient (Wildman–Crippen LogP) is 2.92. The molecule has 0 aromatic heterocycles. The van der Waals surface area contributed by atoms with Gasteiger partial charge in [-0.15, -0.1) is 24.8 Å². The summed E-state index contributed by atoms with van der Waals surface area (Å²) in [6, 6.07) is 7.06. The third-order valence-electron chi connectivity index (χ3n) is 5.32. The van der Waals surface area contributed by atoms with E-state index in [2.05, 4.69) is 29.4 Å². The molecule has 0 radical (unpaired) electrons. The molecule has 0 saturated heterocycles. The fourth-order valence-electron chi connectivity index (χ4n) is 3.57. The van der Waals surface area contributed by atoms with Crippen LogP contribution in [0.3, 0.4) is 0 Å². The minimum Gasteiger partial charge on any atom is -0.351 e. The van der Waals surface area contributed by atoms with Crippen LogP contribution in [0, 0.1) is 11.8 Å². The molecule has 1 aromatic carbocycles. The van der Waals surface area contributed by atoms with E-state index in [-0.39, 0.29) is 48.5 Å². The number of carbonyl (C=O) groups excluding carboxylic acids is 2. The molecule has 28 heavy (non-hydrogen) atoms. The maximum Gasteiger partial charge on any atom is 0.251 e. The van der Waals surface area contributed by atoms with Crippen LogP contribution in [0.4, 0.5) is 5.69 Å². The van der Waals surface area contributed by atoms with E-state index in [9.17, 15) is 9.59 Å². The molecule has 1 fully saturated rings. The second-order valence-corrected chi connectivity index (χ2v) is 6.88. The molecule has 0 unspecified atom stereocenters. The first-order chi connectivity index (χ1) is 12.6. The van der Waals surface area contributed by atoms with Crippen molar-refractivity contribution < 1.29 is 9.59 Å². The largest absolute Gasteiger partial charge is 0.351 e. The van der Waals surface area contributed by atoms with Crippen molar-refractivity contribution in [2.24, 2.45) is 17.6 Å². The van der Waals surface area contributed by atoms with Crippen molar-refractivity contribution in [1.29, 1.82) is 0 Å². The van der Waals surface area contributed by atoms with Crippen LogP contribution in [-0.2, 0) is 4.79 Å². The number of halogens is 2. The number of nitrogens with two attached hydrogens (primary N) is 1. The summed E-state index contributed by atoms with van der Waals surface area (Å²) in [7, 11) is 0. The summed E-state index contributed by atoms with van der Waals surface area (Å²) >= 11 is 0. The molecular weight excluding hydrogens is 399 g/mol. The number of amides is 2.